The summed E-state index contributed by atoms with van der Waals surface area (Å²) in [5, 5.41) is 10.5. The van der Waals surface area contributed by atoms with Gasteiger partial charge in [-0.15, -0.1) is 0 Å². The molecule has 9 nitrogen and oxygen atoms in total. The van der Waals surface area contributed by atoms with Gasteiger partial charge in [-0.2, -0.15) is 13.2 Å². The van der Waals surface area contributed by atoms with Crippen LogP contribution in [0.5, 0.6) is 23.0 Å². The number of carbonyl (C=O) groups excluding carboxylic acids is 1. The summed E-state index contributed by atoms with van der Waals surface area (Å²) in [6, 6.07) is 13.6. The minimum atomic E-state index is -5.10. The lowest BCUT2D eigenvalue weighted by Crippen LogP contribution is -2.16. The second-order valence-corrected chi connectivity index (χ2v) is 7.19. The number of rotatable bonds is 6. The number of para-hydroxylation sites is 2. The maximum Gasteiger partial charge on any atom is 0.453 e. The quantitative estimate of drug-likeness (QED) is 0.142. The van der Waals surface area contributed by atoms with Gasteiger partial charge in [0, 0.05) is 18.2 Å². The normalized spacial score (nSPS) is 11.2. The van der Waals surface area contributed by atoms with Crippen LogP contribution in [0.4, 0.5) is 18.9 Å². The molecular formula is C24H14F3NO8. The van der Waals surface area contributed by atoms with Gasteiger partial charge in [0.2, 0.25) is 11.2 Å². The summed E-state index contributed by atoms with van der Waals surface area (Å²) in [5.41, 5.74) is -1.90. The fraction of sp³-hybridized carbons (Fsp3) is 0.0833. The summed E-state index contributed by atoms with van der Waals surface area (Å²) >= 11 is 0. The van der Waals surface area contributed by atoms with E-state index in [1.165, 1.54) is 31.4 Å². The van der Waals surface area contributed by atoms with Crippen molar-refractivity contribution in [3.05, 3.63) is 98.4 Å². The summed E-state index contributed by atoms with van der Waals surface area (Å²) < 4.78 is 61.8. The zero-order chi connectivity index (χ0) is 26.0. The molecule has 4 aromatic rings. The summed E-state index contributed by atoms with van der Waals surface area (Å²) in [5.74, 6) is -3.97. The molecule has 36 heavy (non-hydrogen) atoms. The summed E-state index contributed by atoms with van der Waals surface area (Å²) in [6.45, 7) is 0. The minimum Gasteiger partial charge on any atom is -0.493 e. The first-order chi connectivity index (χ1) is 17.1. The number of fused-ring (bicyclic) bond motifs is 1. The highest BCUT2D eigenvalue weighted by atomic mass is 19.4. The van der Waals surface area contributed by atoms with Crippen LogP contribution in [0.15, 0.2) is 75.9 Å². The maximum atomic E-state index is 13.8. The zero-order valence-corrected chi connectivity index (χ0v) is 18.2. The molecule has 0 N–H and O–H groups in total. The largest absolute Gasteiger partial charge is 0.493 e. The van der Waals surface area contributed by atoms with Crippen LogP contribution in [0.25, 0.3) is 11.0 Å². The molecule has 0 bridgehead atoms. The predicted molar refractivity (Wildman–Crippen MR) is 119 cm³/mol. The number of hydrogen-bond acceptors (Lipinski definition) is 8. The van der Waals surface area contributed by atoms with Crippen molar-refractivity contribution >= 4 is 22.6 Å². The molecule has 184 valence electrons. The molecule has 0 aliphatic rings. The molecular weight excluding hydrogens is 487 g/mol. The van der Waals surface area contributed by atoms with Crippen LogP contribution in [-0.2, 0) is 6.18 Å². The Balaban J connectivity index is 1.72. The SMILES string of the molecule is COc1ccccc1Oc1c(C(F)(F)F)oc2cc(OC(=O)c3ccc([N+](=O)[O-])cc3)ccc2c1=O. The van der Waals surface area contributed by atoms with Crippen LogP contribution in [0.3, 0.4) is 0 Å². The van der Waals surface area contributed by atoms with E-state index in [-0.39, 0.29) is 33.9 Å². The molecule has 0 spiro atoms. The Hall–Kier alpha value is -4.87. The molecule has 4 rings (SSSR count). The Labute approximate surface area is 199 Å². The maximum absolute atomic E-state index is 13.8. The van der Waals surface area contributed by atoms with Crippen molar-refractivity contribution in [1.29, 1.82) is 0 Å². The number of halogens is 3. The van der Waals surface area contributed by atoms with Gasteiger partial charge in [0.1, 0.15) is 11.3 Å². The van der Waals surface area contributed by atoms with Gasteiger partial charge in [-0.1, -0.05) is 12.1 Å². The Morgan fingerprint density at radius 3 is 2.28 bits per heavy atom. The molecule has 3 aromatic carbocycles. The van der Waals surface area contributed by atoms with Crippen LogP contribution in [-0.4, -0.2) is 18.0 Å². The predicted octanol–water partition coefficient (Wildman–Crippen LogP) is 5.74. The number of nitrogens with zero attached hydrogens (tertiary/aromatic N) is 1. The first-order valence-electron chi connectivity index (χ1n) is 10.0. The lowest BCUT2D eigenvalue weighted by molar-refractivity contribution is -0.384. The highest BCUT2D eigenvalue weighted by Crippen LogP contribution is 2.40. The molecule has 0 radical (unpaired) electrons. The second kappa shape index (κ2) is 9.41. The van der Waals surface area contributed by atoms with E-state index in [0.717, 1.165) is 36.4 Å². The van der Waals surface area contributed by atoms with E-state index < -0.39 is 39.6 Å². The van der Waals surface area contributed by atoms with E-state index in [0.29, 0.717) is 0 Å². The van der Waals surface area contributed by atoms with Gasteiger partial charge in [0.05, 0.1) is 23.0 Å². The number of non-ortho nitro benzene ring substituents is 1. The Kier molecular flexibility index (Phi) is 6.34. The molecule has 0 saturated carbocycles. The topological polar surface area (TPSA) is 118 Å². The smallest absolute Gasteiger partial charge is 0.453 e. The van der Waals surface area contributed by atoms with Crippen LogP contribution in [0.1, 0.15) is 16.1 Å². The van der Waals surface area contributed by atoms with E-state index in [1.54, 1.807) is 6.07 Å². The summed E-state index contributed by atoms with van der Waals surface area (Å²) in [6.07, 6.45) is -5.10. The number of benzene rings is 3. The minimum absolute atomic E-state index is 0.0429. The number of nitro groups is 1. The van der Waals surface area contributed by atoms with Gasteiger partial charge in [-0.05, 0) is 36.4 Å². The van der Waals surface area contributed by atoms with Crippen molar-refractivity contribution in [2.24, 2.45) is 0 Å². The van der Waals surface area contributed by atoms with Gasteiger partial charge >= 0.3 is 12.1 Å². The molecule has 0 aliphatic heterocycles. The number of hydrogen-bond donors (Lipinski definition) is 0. The zero-order valence-electron chi connectivity index (χ0n) is 18.2. The van der Waals surface area contributed by atoms with Crippen molar-refractivity contribution in [2.75, 3.05) is 7.11 Å². The van der Waals surface area contributed by atoms with Crippen LogP contribution in [0, 0.1) is 10.1 Å². The number of alkyl halides is 3. The molecule has 12 heteroatoms. The van der Waals surface area contributed by atoms with Gasteiger partial charge < -0.3 is 18.6 Å². The molecule has 0 amide bonds. The lowest BCUT2D eigenvalue weighted by atomic mass is 10.2. The van der Waals surface area contributed by atoms with Crippen LogP contribution >= 0.6 is 0 Å². The van der Waals surface area contributed by atoms with E-state index in [9.17, 15) is 32.9 Å². The molecule has 1 heterocycles. The second-order valence-electron chi connectivity index (χ2n) is 7.19. The fourth-order valence-electron chi connectivity index (χ4n) is 3.20. The first kappa shape index (κ1) is 24.3. The van der Waals surface area contributed by atoms with Crippen molar-refractivity contribution < 1.29 is 41.5 Å². The summed E-state index contributed by atoms with van der Waals surface area (Å²) in [4.78, 5) is 35.4. The van der Waals surface area contributed by atoms with E-state index in [4.69, 9.17) is 18.6 Å². The molecule has 0 fully saturated rings. The molecule has 0 unspecified atom stereocenters. The third-order valence-corrected chi connectivity index (χ3v) is 4.89. The Bertz CT molecular complexity index is 1530. The van der Waals surface area contributed by atoms with E-state index in [1.807, 2.05) is 0 Å². The van der Waals surface area contributed by atoms with Crippen molar-refractivity contribution in [2.45, 2.75) is 6.18 Å². The fourth-order valence-corrected chi connectivity index (χ4v) is 3.20. The van der Waals surface area contributed by atoms with Crippen LogP contribution in [0.2, 0.25) is 0 Å². The third-order valence-electron chi connectivity index (χ3n) is 4.89. The monoisotopic (exact) mass is 501 g/mol. The summed E-state index contributed by atoms with van der Waals surface area (Å²) in [7, 11) is 1.29. The number of methoxy groups -OCH3 is 1. The van der Waals surface area contributed by atoms with Crippen molar-refractivity contribution in [3.63, 3.8) is 0 Å². The average Bonchev–Trinajstić information content (AvgIpc) is 2.85. The van der Waals surface area contributed by atoms with Gasteiger partial charge in [0.25, 0.3) is 11.4 Å². The van der Waals surface area contributed by atoms with E-state index >= 15 is 0 Å². The van der Waals surface area contributed by atoms with Crippen molar-refractivity contribution in [1.82, 2.24) is 0 Å². The van der Waals surface area contributed by atoms with Gasteiger partial charge in [-0.3, -0.25) is 14.9 Å². The number of esters is 1. The molecule has 0 aliphatic carbocycles. The standard InChI is InChI=1S/C24H14F3NO8/c1-33-17-4-2-3-5-18(17)35-21-20(29)16-11-10-15(12-19(16)36-22(21)24(25,26)27)34-23(30)13-6-8-14(9-7-13)28(31)32/h2-12H,1H3. The Morgan fingerprint density at radius 2 is 1.67 bits per heavy atom. The molecule has 1 aromatic heterocycles. The Morgan fingerprint density at radius 1 is 1.00 bits per heavy atom. The van der Waals surface area contributed by atoms with Crippen molar-refractivity contribution in [3.8, 4) is 23.0 Å². The van der Waals surface area contributed by atoms with Gasteiger partial charge in [-0.25, -0.2) is 4.79 Å². The highest BCUT2D eigenvalue weighted by Gasteiger charge is 2.40. The lowest BCUT2D eigenvalue weighted by Gasteiger charge is -2.15. The van der Waals surface area contributed by atoms with Gasteiger partial charge in [0.15, 0.2) is 11.5 Å². The first-order valence-corrected chi connectivity index (χ1v) is 10.0. The molecule has 0 atom stereocenters. The average molecular weight is 501 g/mol. The van der Waals surface area contributed by atoms with E-state index in [2.05, 4.69) is 0 Å². The number of carbonyl (C=O) groups is 1. The number of ether oxygens (including phenoxy) is 3. The highest BCUT2D eigenvalue weighted by molar-refractivity contribution is 5.92. The van der Waals surface area contributed by atoms with Crippen LogP contribution < -0.4 is 19.6 Å². The third kappa shape index (κ3) is 4.82. The number of nitro benzene ring substituents is 1. The molecule has 0 saturated heterocycles.